The van der Waals surface area contributed by atoms with Crippen LogP contribution in [0.1, 0.15) is 33.1 Å². The third-order valence-corrected chi connectivity index (χ3v) is 4.88. The van der Waals surface area contributed by atoms with Crippen LogP contribution in [-0.4, -0.2) is 20.6 Å². The van der Waals surface area contributed by atoms with E-state index in [9.17, 15) is 13.2 Å². The predicted molar refractivity (Wildman–Crippen MR) is 112 cm³/mol. The van der Waals surface area contributed by atoms with E-state index in [1.165, 1.54) is 0 Å². The molecule has 0 radical (unpaired) electrons. The Balaban J connectivity index is 1.96. The summed E-state index contributed by atoms with van der Waals surface area (Å²) in [5.41, 5.74) is 3.52. The van der Waals surface area contributed by atoms with Gasteiger partial charge in [0.1, 0.15) is 0 Å². The maximum absolute atomic E-state index is 13.0. The van der Waals surface area contributed by atoms with E-state index >= 15 is 0 Å². The summed E-state index contributed by atoms with van der Waals surface area (Å²) in [5.74, 6) is -0.360. The standard InChI is InChI=1S/C22H22N2O3S/c1-16-12-14-18(15-13-16)21(17-8-4-3-5-9-17)23-22(25)19-10-6-7-11-20(19)24-28(2,26)27/h3-15,21,24H,1-2H3,(H,23,25). The number of sulfonamides is 1. The first-order valence-electron chi connectivity index (χ1n) is 8.83. The van der Waals surface area contributed by atoms with Crippen LogP contribution in [0.3, 0.4) is 0 Å². The van der Waals surface area contributed by atoms with Crippen molar-refractivity contribution in [2.24, 2.45) is 0 Å². The molecule has 1 amide bonds. The summed E-state index contributed by atoms with van der Waals surface area (Å²) in [4.78, 5) is 13.0. The number of hydrogen-bond acceptors (Lipinski definition) is 3. The number of nitrogens with one attached hydrogen (secondary N) is 2. The number of anilines is 1. The van der Waals surface area contributed by atoms with E-state index < -0.39 is 10.0 Å². The third-order valence-electron chi connectivity index (χ3n) is 4.29. The van der Waals surface area contributed by atoms with Crippen molar-refractivity contribution in [3.63, 3.8) is 0 Å². The zero-order valence-corrected chi connectivity index (χ0v) is 16.5. The number of hydrogen-bond donors (Lipinski definition) is 2. The van der Waals surface area contributed by atoms with Crippen molar-refractivity contribution in [3.05, 3.63) is 101 Å². The Labute approximate surface area is 165 Å². The van der Waals surface area contributed by atoms with Crippen molar-refractivity contribution in [1.82, 2.24) is 5.32 Å². The molecule has 0 aliphatic rings. The van der Waals surface area contributed by atoms with Crippen LogP contribution in [0.5, 0.6) is 0 Å². The fourth-order valence-electron chi connectivity index (χ4n) is 2.94. The van der Waals surface area contributed by atoms with E-state index in [0.29, 0.717) is 0 Å². The van der Waals surface area contributed by atoms with Gasteiger partial charge in [0.25, 0.3) is 5.91 Å². The first kappa shape index (κ1) is 19.6. The Morgan fingerprint density at radius 1 is 0.821 bits per heavy atom. The second-order valence-electron chi connectivity index (χ2n) is 6.65. The monoisotopic (exact) mass is 394 g/mol. The van der Waals surface area contributed by atoms with Crippen LogP contribution in [-0.2, 0) is 10.0 Å². The van der Waals surface area contributed by atoms with Crippen LogP contribution in [0.25, 0.3) is 0 Å². The molecular weight excluding hydrogens is 372 g/mol. The average Bonchev–Trinajstić information content (AvgIpc) is 2.67. The largest absolute Gasteiger partial charge is 0.341 e. The average molecular weight is 394 g/mol. The Kier molecular flexibility index (Phi) is 5.80. The summed E-state index contributed by atoms with van der Waals surface area (Å²) in [6.07, 6.45) is 1.06. The first-order chi connectivity index (χ1) is 13.3. The molecule has 5 nitrogen and oxygen atoms in total. The van der Waals surface area contributed by atoms with Gasteiger partial charge < -0.3 is 5.32 Å². The number of amides is 1. The second-order valence-corrected chi connectivity index (χ2v) is 8.40. The highest BCUT2D eigenvalue weighted by molar-refractivity contribution is 7.92. The van der Waals surface area contributed by atoms with Gasteiger partial charge in [-0.2, -0.15) is 0 Å². The minimum atomic E-state index is -3.50. The number of rotatable bonds is 6. The second kappa shape index (κ2) is 8.27. The molecule has 0 aromatic heterocycles. The van der Waals surface area contributed by atoms with Gasteiger partial charge in [0, 0.05) is 0 Å². The molecule has 3 rings (SSSR count). The molecule has 3 aromatic carbocycles. The minimum absolute atomic E-state index is 0.248. The zero-order chi connectivity index (χ0) is 20.1. The molecule has 2 N–H and O–H groups in total. The number of benzene rings is 3. The third kappa shape index (κ3) is 4.98. The molecule has 0 heterocycles. The molecule has 144 valence electrons. The highest BCUT2D eigenvalue weighted by Gasteiger charge is 2.20. The van der Waals surface area contributed by atoms with E-state index in [-0.39, 0.29) is 23.2 Å². The molecule has 6 heteroatoms. The molecular formula is C22H22N2O3S. The molecule has 3 aromatic rings. The lowest BCUT2D eigenvalue weighted by molar-refractivity contribution is 0.0944. The van der Waals surface area contributed by atoms with E-state index in [1.54, 1.807) is 24.3 Å². The molecule has 0 bridgehead atoms. The van der Waals surface area contributed by atoms with Gasteiger partial charge in [-0.05, 0) is 30.2 Å². The fraction of sp³-hybridized carbons (Fsp3) is 0.136. The highest BCUT2D eigenvalue weighted by atomic mass is 32.2. The van der Waals surface area contributed by atoms with Crippen LogP contribution in [0.15, 0.2) is 78.9 Å². The molecule has 0 saturated carbocycles. The summed E-state index contributed by atoms with van der Waals surface area (Å²) in [7, 11) is -3.50. The van der Waals surface area contributed by atoms with Crippen molar-refractivity contribution in [2.75, 3.05) is 11.0 Å². The normalized spacial score (nSPS) is 12.2. The SMILES string of the molecule is Cc1ccc(C(NC(=O)c2ccccc2NS(C)(=O)=O)c2ccccc2)cc1. The lowest BCUT2D eigenvalue weighted by Gasteiger charge is -2.21. The molecule has 0 aliphatic heterocycles. The topological polar surface area (TPSA) is 75.3 Å². The Morgan fingerprint density at radius 2 is 1.39 bits per heavy atom. The molecule has 0 fully saturated rings. The highest BCUT2D eigenvalue weighted by Crippen LogP contribution is 2.24. The number of carbonyl (C=O) groups excluding carboxylic acids is 1. The Bertz CT molecular complexity index is 1060. The lowest BCUT2D eigenvalue weighted by Crippen LogP contribution is -2.30. The quantitative estimate of drug-likeness (QED) is 0.666. The Morgan fingerprint density at radius 3 is 2.04 bits per heavy atom. The van der Waals surface area contributed by atoms with Crippen LogP contribution in [0.2, 0.25) is 0 Å². The van der Waals surface area contributed by atoms with Gasteiger partial charge in [0.05, 0.1) is 23.5 Å². The van der Waals surface area contributed by atoms with Gasteiger partial charge in [-0.3, -0.25) is 9.52 Å². The van der Waals surface area contributed by atoms with Crippen molar-refractivity contribution in [1.29, 1.82) is 0 Å². The molecule has 1 unspecified atom stereocenters. The van der Waals surface area contributed by atoms with E-state index in [1.807, 2.05) is 61.5 Å². The summed E-state index contributed by atoms with van der Waals surface area (Å²) in [5, 5.41) is 3.04. The smallest absolute Gasteiger partial charge is 0.254 e. The molecule has 0 saturated heterocycles. The Hall–Kier alpha value is -3.12. The van der Waals surface area contributed by atoms with Crippen molar-refractivity contribution < 1.29 is 13.2 Å². The van der Waals surface area contributed by atoms with Gasteiger partial charge in [0.15, 0.2) is 0 Å². The number of para-hydroxylation sites is 1. The number of carbonyl (C=O) groups is 1. The van der Waals surface area contributed by atoms with Gasteiger partial charge in [-0.25, -0.2) is 8.42 Å². The van der Waals surface area contributed by atoms with Crippen molar-refractivity contribution in [2.45, 2.75) is 13.0 Å². The molecule has 0 spiro atoms. The molecule has 1 atom stereocenters. The van der Waals surface area contributed by atoms with E-state index in [4.69, 9.17) is 0 Å². The lowest BCUT2D eigenvalue weighted by atomic mass is 9.97. The molecule has 28 heavy (non-hydrogen) atoms. The number of aryl methyl sites for hydroxylation is 1. The van der Waals surface area contributed by atoms with Gasteiger partial charge in [-0.15, -0.1) is 0 Å². The van der Waals surface area contributed by atoms with Crippen LogP contribution in [0.4, 0.5) is 5.69 Å². The van der Waals surface area contributed by atoms with Crippen LogP contribution in [0, 0.1) is 6.92 Å². The first-order valence-corrected chi connectivity index (χ1v) is 10.7. The molecule has 0 aliphatic carbocycles. The van der Waals surface area contributed by atoms with E-state index in [2.05, 4.69) is 10.0 Å². The zero-order valence-electron chi connectivity index (χ0n) is 15.7. The van der Waals surface area contributed by atoms with E-state index in [0.717, 1.165) is 22.9 Å². The minimum Gasteiger partial charge on any atom is -0.341 e. The predicted octanol–water partition coefficient (Wildman–Crippen LogP) is 3.89. The van der Waals surface area contributed by atoms with Gasteiger partial charge >= 0.3 is 0 Å². The van der Waals surface area contributed by atoms with Crippen LogP contribution >= 0.6 is 0 Å². The van der Waals surface area contributed by atoms with Gasteiger partial charge in [-0.1, -0.05) is 72.3 Å². The van der Waals surface area contributed by atoms with Crippen molar-refractivity contribution >= 4 is 21.6 Å². The maximum atomic E-state index is 13.0. The maximum Gasteiger partial charge on any atom is 0.254 e. The van der Waals surface area contributed by atoms with Crippen molar-refractivity contribution in [3.8, 4) is 0 Å². The summed E-state index contributed by atoms with van der Waals surface area (Å²) >= 11 is 0. The summed E-state index contributed by atoms with van der Waals surface area (Å²) < 4.78 is 25.7. The summed E-state index contributed by atoms with van der Waals surface area (Å²) in [6, 6.07) is 23.8. The summed E-state index contributed by atoms with van der Waals surface area (Å²) in [6.45, 7) is 2.01. The fourth-order valence-corrected chi connectivity index (χ4v) is 3.52. The van der Waals surface area contributed by atoms with Crippen LogP contribution < -0.4 is 10.0 Å². The van der Waals surface area contributed by atoms with Gasteiger partial charge in [0.2, 0.25) is 10.0 Å².